The Morgan fingerprint density at radius 3 is 2.71 bits per heavy atom. The number of nitrogens with two attached hydrogens (primary N) is 1. The zero-order valence-electron chi connectivity index (χ0n) is 9.12. The Morgan fingerprint density at radius 2 is 2.21 bits per heavy atom. The highest BCUT2D eigenvalue weighted by Crippen LogP contribution is 2.09. The molecule has 1 heterocycles. The van der Waals surface area contributed by atoms with Gasteiger partial charge in [-0.2, -0.15) is 0 Å². The molecule has 3 nitrogen and oxygen atoms in total. The maximum atomic E-state index is 5.89. The molecule has 0 aromatic carbocycles. The quantitative estimate of drug-likeness (QED) is 0.802. The Balaban J connectivity index is 2.26. The van der Waals surface area contributed by atoms with Crippen molar-refractivity contribution in [2.24, 2.45) is 5.73 Å². The lowest BCUT2D eigenvalue weighted by atomic mass is 10.1. The van der Waals surface area contributed by atoms with Crippen LogP contribution in [0.15, 0.2) is 22.8 Å². The fraction of sp³-hybridized carbons (Fsp3) is 0.636. The summed E-state index contributed by atoms with van der Waals surface area (Å²) in [4.78, 5) is 0. The monoisotopic (exact) mass is 197 g/mol. The maximum absolute atomic E-state index is 5.89. The summed E-state index contributed by atoms with van der Waals surface area (Å²) in [5.41, 5.74) is 5.76. The standard InChI is InChI=1S/C11H19NO2/c1-11(2,3)14-8-9(12)7-10-5-4-6-13-10/h4-6,9H,7-8,12H2,1-3H3. The van der Waals surface area contributed by atoms with Crippen LogP contribution in [0.3, 0.4) is 0 Å². The van der Waals surface area contributed by atoms with E-state index in [-0.39, 0.29) is 11.6 Å². The summed E-state index contributed by atoms with van der Waals surface area (Å²) in [6.07, 6.45) is 2.38. The van der Waals surface area contributed by atoms with Crippen LogP contribution >= 0.6 is 0 Å². The van der Waals surface area contributed by atoms with Gasteiger partial charge in [0.1, 0.15) is 5.76 Å². The average Bonchev–Trinajstić information content (AvgIpc) is 2.52. The molecule has 1 aromatic rings. The second kappa shape index (κ2) is 4.62. The molecule has 2 N–H and O–H groups in total. The van der Waals surface area contributed by atoms with Gasteiger partial charge in [0.2, 0.25) is 0 Å². The molecule has 1 aromatic heterocycles. The summed E-state index contributed by atoms with van der Waals surface area (Å²) >= 11 is 0. The Morgan fingerprint density at radius 1 is 1.50 bits per heavy atom. The topological polar surface area (TPSA) is 48.4 Å². The van der Waals surface area contributed by atoms with Crippen molar-refractivity contribution in [2.45, 2.75) is 38.8 Å². The minimum Gasteiger partial charge on any atom is -0.469 e. The van der Waals surface area contributed by atoms with Crippen molar-refractivity contribution in [3.8, 4) is 0 Å². The van der Waals surface area contributed by atoms with E-state index in [1.54, 1.807) is 6.26 Å². The lowest BCUT2D eigenvalue weighted by molar-refractivity contribution is -0.0103. The molecule has 0 spiro atoms. The summed E-state index contributed by atoms with van der Waals surface area (Å²) in [5.74, 6) is 0.912. The molecular formula is C11H19NO2. The van der Waals surface area contributed by atoms with Gasteiger partial charge in [0.05, 0.1) is 18.5 Å². The molecule has 0 saturated heterocycles. The molecule has 80 valence electrons. The summed E-state index contributed by atoms with van der Waals surface area (Å²) in [5, 5.41) is 0. The van der Waals surface area contributed by atoms with E-state index in [2.05, 4.69) is 0 Å². The van der Waals surface area contributed by atoms with E-state index in [1.807, 2.05) is 32.9 Å². The number of furan rings is 1. The highest BCUT2D eigenvalue weighted by molar-refractivity contribution is 5.00. The van der Waals surface area contributed by atoms with Gasteiger partial charge in [0.15, 0.2) is 0 Å². The third kappa shape index (κ3) is 4.44. The number of hydrogen-bond acceptors (Lipinski definition) is 3. The van der Waals surface area contributed by atoms with Crippen LogP contribution in [0.5, 0.6) is 0 Å². The molecule has 3 heteroatoms. The second-order valence-corrected chi connectivity index (χ2v) is 4.47. The van der Waals surface area contributed by atoms with E-state index in [0.29, 0.717) is 6.61 Å². The van der Waals surface area contributed by atoms with Gasteiger partial charge < -0.3 is 14.9 Å². The fourth-order valence-electron chi connectivity index (χ4n) is 1.10. The molecule has 1 atom stereocenters. The molecule has 0 fully saturated rings. The van der Waals surface area contributed by atoms with Gasteiger partial charge in [0.25, 0.3) is 0 Å². The van der Waals surface area contributed by atoms with Crippen molar-refractivity contribution >= 4 is 0 Å². The Hall–Kier alpha value is -0.800. The minimum absolute atomic E-state index is 0.000347. The smallest absolute Gasteiger partial charge is 0.105 e. The molecule has 0 aliphatic heterocycles. The number of ether oxygens (including phenoxy) is 1. The van der Waals surface area contributed by atoms with E-state index >= 15 is 0 Å². The van der Waals surface area contributed by atoms with Crippen LogP contribution in [0.2, 0.25) is 0 Å². The van der Waals surface area contributed by atoms with Crippen LogP contribution in [-0.4, -0.2) is 18.2 Å². The molecule has 0 aliphatic carbocycles. The molecule has 0 amide bonds. The van der Waals surface area contributed by atoms with E-state index in [1.165, 1.54) is 0 Å². The molecule has 0 saturated carbocycles. The van der Waals surface area contributed by atoms with Gasteiger partial charge >= 0.3 is 0 Å². The largest absolute Gasteiger partial charge is 0.469 e. The van der Waals surface area contributed by atoms with Crippen LogP contribution in [-0.2, 0) is 11.2 Å². The molecule has 0 radical (unpaired) electrons. The van der Waals surface area contributed by atoms with Crippen molar-refractivity contribution in [1.29, 1.82) is 0 Å². The summed E-state index contributed by atoms with van der Waals surface area (Å²) in [6, 6.07) is 3.80. The first kappa shape index (κ1) is 11.3. The highest BCUT2D eigenvalue weighted by atomic mass is 16.5. The average molecular weight is 197 g/mol. The van der Waals surface area contributed by atoms with Crippen molar-refractivity contribution in [2.75, 3.05) is 6.61 Å². The van der Waals surface area contributed by atoms with Crippen LogP contribution in [0, 0.1) is 0 Å². The maximum Gasteiger partial charge on any atom is 0.105 e. The minimum atomic E-state index is -0.124. The Kier molecular flexibility index (Phi) is 3.72. The molecule has 14 heavy (non-hydrogen) atoms. The second-order valence-electron chi connectivity index (χ2n) is 4.47. The van der Waals surface area contributed by atoms with E-state index in [9.17, 15) is 0 Å². The van der Waals surface area contributed by atoms with E-state index in [0.717, 1.165) is 12.2 Å². The Bertz CT molecular complexity index is 249. The first-order chi connectivity index (χ1) is 6.47. The first-order valence-electron chi connectivity index (χ1n) is 4.89. The summed E-state index contributed by atoms with van der Waals surface area (Å²) < 4.78 is 10.8. The van der Waals surface area contributed by atoms with E-state index in [4.69, 9.17) is 14.9 Å². The highest BCUT2D eigenvalue weighted by Gasteiger charge is 2.13. The zero-order chi connectivity index (χ0) is 10.6. The van der Waals surface area contributed by atoms with Crippen molar-refractivity contribution < 1.29 is 9.15 Å². The van der Waals surface area contributed by atoms with Gasteiger partial charge in [-0.15, -0.1) is 0 Å². The molecular weight excluding hydrogens is 178 g/mol. The molecule has 1 rings (SSSR count). The van der Waals surface area contributed by atoms with E-state index < -0.39 is 0 Å². The van der Waals surface area contributed by atoms with Crippen LogP contribution < -0.4 is 5.73 Å². The summed E-state index contributed by atoms with van der Waals surface area (Å²) in [6.45, 7) is 6.62. The van der Waals surface area contributed by atoms with Crippen molar-refractivity contribution in [3.05, 3.63) is 24.2 Å². The number of hydrogen-bond donors (Lipinski definition) is 1. The molecule has 0 bridgehead atoms. The predicted molar refractivity (Wildman–Crippen MR) is 56.1 cm³/mol. The Labute approximate surface area is 85.2 Å². The van der Waals surface area contributed by atoms with Gasteiger partial charge in [-0.05, 0) is 32.9 Å². The summed E-state index contributed by atoms with van der Waals surface area (Å²) in [7, 11) is 0. The normalized spacial score (nSPS) is 14.3. The van der Waals surface area contributed by atoms with Gasteiger partial charge in [0, 0.05) is 12.5 Å². The van der Waals surface area contributed by atoms with Gasteiger partial charge in [-0.25, -0.2) is 0 Å². The first-order valence-corrected chi connectivity index (χ1v) is 4.89. The zero-order valence-corrected chi connectivity index (χ0v) is 9.12. The van der Waals surface area contributed by atoms with Crippen molar-refractivity contribution in [3.63, 3.8) is 0 Å². The van der Waals surface area contributed by atoms with Gasteiger partial charge in [-0.3, -0.25) is 0 Å². The van der Waals surface area contributed by atoms with Crippen LogP contribution in [0.1, 0.15) is 26.5 Å². The lowest BCUT2D eigenvalue weighted by Crippen LogP contribution is -2.33. The SMILES string of the molecule is CC(C)(C)OCC(N)Cc1ccco1. The third-order valence-corrected chi connectivity index (χ3v) is 1.77. The number of rotatable bonds is 4. The third-order valence-electron chi connectivity index (χ3n) is 1.77. The van der Waals surface area contributed by atoms with Crippen LogP contribution in [0.4, 0.5) is 0 Å². The lowest BCUT2D eigenvalue weighted by Gasteiger charge is -2.22. The van der Waals surface area contributed by atoms with Gasteiger partial charge in [-0.1, -0.05) is 0 Å². The van der Waals surface area contributed by atoms with Crippen molar-refractivity contribution in [1.82, 2.24) is 0 Å². The fourth-order valence-corrected chi connectivity index (χ4v) is 1.10. The molecule has 0 aliphatic rings. The molecule has 1 unspecified atom stereocenters. The van der Waals surface area contributed by atoms with Crippen LogP contribution in [0.25, 0.3) is 0 Å². The predicted octanol–water partition coefficient (Wildman–Crippen LogP) is 1.96.